The van der Waals surface area contributed by atoms with Gasteiger partial charge in [0, 0.05) is 12.5 Å². The molecule has 0 aliphatic heterocycles. The molecule has 0 aliphatic rings. The highest BCUT2D eigenvalue weighted by atomic mass is 32.1. The lowest BCUT2D eigenvalue weighted by molar-refractivity contribution is 0.0513. The number of rotatable bonds is 5. The Hall–Kier alpha value is -0.940. The summed E-state index contributed by atoms with van der Waals surface area (Å²) in [7, 11) is 1.65. The zero-order valence-corrected chi connectivity index (χ0v) is 10.8. The average Bonchev–Trinajstić information content (AvgIpc) is 2.68. The number of hydrogen-bond acceptors (Lipinski definition) is 5. The fraction of sp³-hybridized carbons (Fsp3) is 0.636. The van der Waals surface area contributed by atoms with Crippen LogP contribution in [0.3, 0.4) is 0 Å². The van der Waals surface area contributed by atoms with Crippen LogP contribution in [0.1, 0.15) is 42.4 Å². The van der Waals surface area contributed by atoms with Gasteiger partial charge >= 0.3 is 5.97 Å². The molecule has 0 saturated carbocycles. The van der Waals surface area contributed by atoms with E-state index in [-0.39, 0.29) is 12.1 Å². The monoisotopic (exact) mass is 243 g/mol. The second-order valence-corrected chi connectivity index (χ2v) is 4.58. The lowest BCUT2D eigenvalue weighted by Crippen LogP contribution is -2.10. The van der Waals surface area contributed by atoms with Crippen molar-refractivity contribution in [3.05, 3.63) is 16.1 Å². The number of carbonyl (C=O) groups is 1. The largest absolute Gasteiger partial charge is 0.461 e. The third-order valence-corrected chi connectivity index (χ3v) is 3.02. The molecule has 1 heterocycles. The van der Waals surface area contributed by atoms with Gasteiger partial charge < -0.3 is 9.47 Å². The van der Waals surface area contributed by atoms with Crippen molar-refractivity contribution in [3.63, 3.8) is 0 Å². The molecule has 0 spiro atoms. The molecular formula is C11H17NO3S. The maximum atomic E-state index is 11.4. The van der Waals surface area contributed by atoms with Gasteiger partial charge in [0.05, 0.1) is 6.61 Å². The van der Waals surface area contributed by atoms with Gasteiger partial charge in [0.25, 0.3) is 0 Å². The van der Waals surface area contributed by atoms with Gasteiger partial charge in [-0.05, 0) is 12.8 Å². The maximum Gasteiger partial charge on any atom is 0.357 e. The second-order valence-electron chi connectivity index (χ2n) is 3.69. The second kappa shape index (κ2) is 5.96. The van der Waals surface area contributed by atoms with E-state index in [9.17, 15) is 4.79 Å². The minimum absolute atomic E-state index is 0.0619. The quantitative estimate of drug-likeness (QED) is 0.746. The van der Waals surface area contributed by atoms with Crippen LogP contribution in [0.15, 0.2) is 5.38 Å². The molecule has 1 atom stereocenters. The van der Waals surface area contributed by atoms with Gasteiger partial charge in [-0.15, -0.1) is 11.3 Å². The Morgan fingerprint density at radius 2 is 2.25 bits per heavy atom. The summed E-state index contributed by atoms with van der Waals surface area (Å²) in [5.41, 5.74) is 0.365. The third kappa shape index (κ3) is 3.02. The molecule has 16 heavy (non-hydrogen) atoms. The zero-order valence-electron chi connectivity index (χ0n) is 10.0. The van der Waals surface area contributed by atoms with E-state index >= 15 is 0 Å². The Labute approximate surface area is 99.6 Å². The van der Waals surface area contributed by atoms with Gasteiger partial charge in [-0.1, -0.05) is 13.8 Å². The molecule has 5 heteroatoms. The highest BCUT2D eigenvalue weighted by Crippen LogP contribution is 2.27. The fourth-order valence-electron chi connectivity index (χ4n) is 1.38. The SMILES string of the molecule is CCOC(=O)c1csc(C(OC)C(C)C)n1. The van der Waals surface area contributed by atoms with E-state index in [1.54, 1.807) is 19.4 Å². The molecule has 0 saturated heterocycles. The van der Waals surface area contributed by atoms with Crippen LogP contribution in [0.25, 0.3) is 0 Å². The molecule has 4 nitrogen and oxygen atoms in total. The summed E-state index contributed by atoms with van der Waals surface area (Å²) in [5.74, 6) is -0.0465. The number of methoxy groups -OCH3 is 1. The van der Waals surface area contributed by atoms with Crippen molar-refractivity contribution in [2.75, 3.05) is 13.7 Å². The summed E-state index contributed by atoms with van der Waals surface area (Å²) in [6.45, 7) is 6.25. The summed E-state index contributed by atoms with van der Waals surface area (Å²) >= 11 is 1.43. The van der Waals surface area contributed by atoms with Gasteiger partial charge in [-0.3, -0.25) is 0 Å². The van der Waals surface area contributed by atoms with Gasteiger partial charge in [0.1, 0.15) is 11.1 Å². The zero-order chi connectivity index (χ0) is 12.1. The minimum Gasteiger partial charge on any atom is -0.461 e. The summed E-state index contributed by atoms with van der Waals surface area (Å²) in [4.78, 5) is 15.7. The Morgan fingerprint density at radius 1 is 1.56 bits per heavy atom. The molecule has 0 fully saturated rings. The Morgan fingerprint density at radius 3 is 2.75 bits per heavy atom. The molecule has 0 N–H and O–H groups in total. The summed E-state index contributed by atoms with van der Waals surface area (Å²) in [6.07, 6.45) is -0.0619. The number of carbonyl (C=O) groups excluding carboxylic acids is 1. The predicted octanol–water partition coefficient (Wildman–Crippen LogP) is 2.66. The first-order chi connectivity index (χ1) is 7.60. The first-order valence-corrected chi connectivity index (χ1v) is 6.13. The number of nitrogens with zero attached hydrogens (tertiary/aromatic N) is 1. The molecular weight excluding hydrogens is 226 g/mol. The van der Waals surface area contributed by atoms with Crippen LogP contribution in [-0.2, 0) is 9.47 Å². The van der Waals surface area contributed by atoms with Gasteiger partial charge in [0.15, 0.2) is 5.69 Å². The van der Waals surface area contributed by atoms with Crippen molar-refractivity contribution in [3.8, 4) is 0 Å². The van der Waals surface area contributed by atoms with Gasteiger partial charge in [0.2, 0.25) is 0 Å². The van der Waals surface area contributed by atoms with Crippen LogP contribution in [-0.4, -0.2) is 24.7 Å². The van der Waals surface area contributed by atoms with Crippen LogP contribution >= 0.6 is 11.3 Å². The minimum atomic E-state index is -0.372. The Kier molecular flexibility index (Phi) is 4.89. The standard InChI is InChI=1S/C11H17NO3S/c1-5-15-11(13)8-6-16-10(12-8)9(14-4)7(2)3/h6-7,9H,5H2,1-4H3. The maximum absolute atomic E-state index is 11.4. The molecule has 0 aliphatic carbocycles. The summed E-state index contributed by atoms with van der Waals surface area (Å²) in [5, 5.41) is 2.53. The fourth-order valence-corrected chi connectivity index (χ4v) is 2.41. The topological polar surface area (TPSA) is 48.4 Å². The molecule has 0 amide bonds. The van der Waals surface area contributed by atoms with Crippen molar-refractivity contribution in [2.24, 2.45) is 5.92 Å². The Balaban J connectivity index is 2.81. The number of ether oxygens (including phenoxy) is 2. The first kappa shape index (κ1) is 13.1. The van der Waals surface area contributed by atoms with Crippen LogP contribution < -0.4 is 0 Å². The number of hydrogen-bond donors (Lipinski definition) is 0. The van der Waals surface area contributed by atoms with E-state index in [2.05, 4.69) is 18.8 Å². The van der Waals surface area contributed by atoms with E-state index in [0.29, 0.717) is 18.2 Å². The van der Waals surface area contributed by atoms with Crippen LogP contribution in [0, 0.1) is 5.92 Å². The van der Waals surface area contributed by atoms with Crippen molar-refractivity contribution >= 4 is 17.3 Å². The van der Waals surface area contributed by atoms with Crippen molar-refractivity contribution < 1.29 is 14.3 Å². The molecule has 1 aromatic heterocycles. The van der Waals surface area contributed by atoms with E-state index < -0.39 is 0 Å². The van der Waals surface area contributed by atoms with E-state index in [0.717, 1.165) is 5.01 Å². The lowest BCUT2D eigenvalue weighted by Gasteiger charge is -2.15. The van der Waals surface area contributed by atoms with Crippen LogP contribution in [0.2, 0.25) is 0 Å². The van der Waals surface area contributed by atoms with Crippen LogP contribution in [0.5, 0.6) is 0 Å². The van der Waals surface area contributed by atoms with Crippen molar-refractivity contribution in [2.45, 2.75) is 26.9 Å². The van der Waals surface area contributed by atoms with E-state index in [4.69, 9.17) is 9.47 Å². The lowest BCUT2D eigenvalue weighted by atomic mass is 10.1. The van der Waals surface area contributed by atoms with E-state index in [1.165, 1.54) is 11.3 Å². The predicted molar refractivity (Wildman–Crippen MR) is 62.7 cm³/mol. The molecule has 90 valence electrons. The van der Waals surface area contributed by atoms with Crippen molar-refractivity contribution in [1.82, 2.24) is 4.98 Å². The average molecular weight is 243 g/mol. The normalized spacial score (nSPS) is 12.8. The molecule has 1 rings (SSSR count). The Bertz CT molecular complexity index is 349. The van der Waals surface area contributed by atoms with Gasteiger partial charge in [-0.25, -0.2) is 9.78 Å². The molecule has 1 aromatic rings. The summed E-state index contributed by atoms with van der Waals surface area (Å²) < 4.78 is 10.2. The third-order valence-electron chi connectivity index (χ3n) is 2.11. The molecule has 0 aromatic carbocycles. The van der Waals surface area contributed by atoms with E-state index in [1.807, 2.05) is 0 Å². The highest BCUT2D eigenvalue weighted by Gasteiger charge is 2.20. The van der Waals surface area contributed by atoms with Crippen LogP contribution in [0.4, 0.5) is 0 Å². The molecule has 0 radical (unpaired) electrons. The van der Waals surface area contributed by atoms with Gasteiger partial charge in [-0.2, -0.15) is 0 Å². The highest BCUT2D eigenvalue weighted by molar-refractivity contribution is 7.09. The number of thiazole rings is 1. The smallest absolute Gasteiger partial charge is 0.357 e. The number of esters is 1. The number of aromatic nitrogens is 1. The summed E-state index contributed by atoms with van der Waals surface area (Å²) in [6, 6.07) is 0. The molecule has 1 unspecified atom stereocenters. The molecule has 0 bridgehead atoms. The van der Waals surface area contributed by atoms with Crippen molar-refractivity contribution in [1.29, 1.82) is 0 Å². The first-order valence-electron chi connectivity index (χ1n) is 5.25.